The highest BCUT2D eigenvalue weighted by atomic mass is 35.5. The van der Waals surface area contributed by atoms with Crippen molar-refractivity contribution in [3.05, 3.63) is 59.1 Å². The number of benzene rings is 2. The predicted molar refractivity (Wildman–Crippen MR) is 103 cm³/mol. The summed E-state index contributed by atoms with van der Waals surface area (Å²) in [6, 6.07) is 12.9. The van der Waals surface area contributed by atoms with Crippen molar-refractivity contribution in [3.8, 4) is 5.75 Å². The smallest absolute Gasteiger partial charge is 0.343 e. The summed E-state index contributed by atoms with van der Waals surface area (Å²) in [5.41, 5.74) is 0.866. The molecule has 2 bridgehead atoms. The van der Waals surface area contributed by atoms with Crippen LogP contribution in [0.5, 0.6) is 5.75 Å². The van der Waals surface area contributed by atoms with Crippen LogP contribution in [0.2, 0.25) is 5.02 Å². The van der Waals surface area contributed by atoms with Gasteiger partial charge in [0.25, 0.3) is 0 Å². The average molecular weight is 396 g/mol. The Bertz CT molecular complexity index is 941. The van der Waals surface area contributed by atoms with E-state index in [-0.39, 0.29) is 23.7 Å². The Morgan fingerprint density at radius 3 is 2.04 bits per heavy atom. The predicted octanol–water partition coefficient (Wildman–Crippen LogP) is 4.09. The Hall–Kier alpha value is -2.66. The van der Waals surface area contributed by atoms with Crippen LogP contribution in [0.25, 0.3) is 0 Å². The third-order valence-electron chi connectivity index (χ3n) is 6.31. The lowest BCUT2D eigenvalue weighted by Crippen LogP contribution is -2.32. The van der Waals surface area contributed by atoms with Gasteiger partial charge in [-0.2, -0.15) is 0 Å². The molecule has 2 aliphatic carbocycles. The van der Waals surface area contributed by atoms with Crippen molar-refractivity contribution >= 4 is 35.1 Å². The summed E-state index contributed by atoms with van der Waals surface area (Å²) in [6.07, 6.45) is 3.11. The van der Waals surface area contributed by atoms with Crippen LogP contribution in [0.15, 0.2) is 48.5 Å². The first kappa shape index (κ1) is 17.4. The van der Waals surface area contributed by atoms with Gasteiger partial charge in [0.05, 0.1) is 23.1 Å². The lowest BCUT2D eigenvalue weighted by atomic mass is 9.81. The second kappa shape index (κ2) is 6.45. The molecular weight excluding hydrogens is 378 g/mol. The molecule has 5 nitrogen and oxygen atoms in total. The number of imide groups is 1. The zero-order valence-corrected chi connectivity index (χ0v) is 15.8. The molecule has 0 radical (unpaired) electrons. The number of esters is 1. The summed E-state index contributed by atoms with van der Waals surface area (Å²) in [6.45, 7) is 0. The first-order valence-corrected chi connectivity index (χ1v) is 9.86. The average Bonchev–Trinajstić information content (AvgIpc) is 3.38. The van der Waals surface area contributed by atoms with Crippen LogP contribution >= 0.6 is 11.6 Å². The van der Waals surface area contributed by atoms with Gasteiger partial charge < -0.3 is 4.74 Å². The van der Waals surface area contributed by atoms with Crippen molar-refractivity contribution < 1.29 is 19.1 Å². The van der Waals surface area contributed by atoms with E-state index in [2.05, 4.69) is 0 Å². The van der Waals surface area contributed by atoms with Gasteiger partial charge in [0.1, 0.15) is 5.75 Å². The molecule has 5 rings (SSSR count). The first-order valence-electron chi connectivity index (χ1n) is 9.48. The number of carbonyl (C=O) groups excluding carboxylic acids is 3. The van der Waals surface area contributed by atoms with Crippen molar-refractivity contribution in [2.45, 2.75) is 19.3 Å². The molecule has 2 aromatic carbocycles. The largest absolute Gasteiger partial charge is 0.423 e. The standard InChI is InChI=1S/C22H18ClNO4/c23-15-5-9-17(10-6-15)28-22(27)12-3-7-16(8-4-12)24-20(25)18-13-1-2-14(11-13)19(18)21(24)26/h3-10,13-14,18-19H,1-2,11H2. The second-order valence-corrected chi connectivity index (χ2v) is 8.22. The van der Waals surface area contributed by atoms with Crippen molar-refractivity contribution in [1.82, 2.24) is 0 Å². The van der Waals surface area contributed by atoms with Crippen molar-refractivity contribution in [3.63, 3.8) is 0 Å². The van der Waals surface area contributed by atoms with Gasteiger partial charge in [-0.1, -0.05) is 11.6 Å². The number of carbonyl (C=O) groups is 3. The molecule has 0 spiro atoms. The highest BCUT2D eigenvalue weighted by Crippen LogP contribution is 2.56. The number of fused-ring (bicyclic) bond motifs is 5. The summed E-state index contributed by atoms with van der Waals surface area (Å²) in [5.74, 6) is 0.115. The topological polar surface area (TPSA) is 63.7 Å². The highest BCUT2D eigenvalue weighted by Gasteiger charge is 2.61. The Balaban J connectivity index is 1.34. The van der Waals surface area contributed by atoms with E-state index in [1.807, 2.05) is 0 Å². The third kappa shape index (κ3) is 2.65. The summed E-state index contributed by atoms with van der Waals surface area (Å²) in [7, 11) is 0. The Kier molecular flexibility index (Phi) is 4.02. The van der Waals surface area contributed by atoms with Crippen LogP contribution in [-0.2, 0) is 9.59 Å². The van der Waals surface area contributed by atoms with E-state index in [1.165, 1.54) is 4.90 Å². The fourth-order valence-corrected chi connectivity index (χ4v) is 5.20. The summed E-state index contributed by atoms with van der Waals surface area (Å²) < 4.78 is 5.32. The van der Waals surface area contributed by atoms with Crippen molar-refractivity contribution in [2.24, 2.45) is 23.7 Å². The zero-order valence-electron chi connectivity index (χ0n) is 15.0. The van der Waals surface area contributed by atoms with Gasteiger partial charge in [-0.25, -0.2) is 4.79 Å². The molecular formula is C22H18ClNO4. The van der Waals surface area contributed by atoms with Gasteiger partial charge in [0, 0.05) is 5.02 Å². The molecule has 142 valence electrons. The van der Waals surface area contributed by atoms with Crippen LogP contribution in [0.3, 0.4) is 0 Å². The van der Waals surface area contributed by atoms with E-state index in [4.69, 9.17) is 16.3 Å². The second-order valence-electron chi connectivity index (χ2n) is 7.79. The maximum Gasteiger partial charge on any atom is 0.343 e. The number of amides is 2. The minimum absolute atomic E-state index is 0.0845. The van der Waals surface area contributed by atoms with Crippen molar-refractivity contribution in [2.75, 3.05) is 4.90 Å². The molecule has 28 heavy (non-hydrogen) atoms. The minimum atomic E-state index is -0.511. The number of ether oxygens (including phenoxy) is 1. The molecule has 2 saturated carbocycles. The van der Waals surface area contributed by atoms with Crippen LogP contribution in [0, 0.1) is 23.7 Å². The van der Waals surface area contributed by atoms with Gasteiger partial charge in [-0.05, 0) is 79.6 Å². The maximum atomic E-state index is 12.9. The summed E-state index contributed by atoms with van der Waals surface area (Å²) >= 11 is 5.83. The summed E-state index contributed by atoms with van der Waals surface area (Å²) in [5, 5.41) is 0.558. The fraction of sp³-hybridized carbons (Fsp3) is 0.318. The number of anilines is 1. The molecule has 0 N–H and O–H groups in total. The third-order valence-corrected chi connectivity index (χ3v) is 6.56. The lowest BCUT2D eigenvalue weighted by molar-refractivity contribution is -0.123. The van der Waals surface area contributed by atoms with Gasteiger partial charge in [0.2, 0.25) is 11.8 Å². The van der Waals surface area contributed by atoms with E-state index in [9.17, 15) is 14.4 Å². The quantitative estimate of drug-likeness (QED) is 0.446. The van der Waals surface area contributed by atoms with Crippen LogP contribution in [-0.4, -0.2) is 17.8 Å². The van der Waals surface area contributed by atoms with Crippen LogP contribution < -0.4 is 9.64 Å². The molecule has 2 amide bonds. The normalized spacial score (nSPS) is 28.0. The van der Waals surface area contributed by atoms with Gasteiger partial charge in [0.15, 0.2) is 0 Å². The number of halogens is 1. The molecule has 1 aliphatic heterocycles. The Labute approximate surface area is 167 Å². The molecule has 1 heterocycles. The fourth-order valence-electron chi connectivity index (χ4n) is 5.08. The van der Waals surface area contributed by atoms with E-state index in [0.717, 1.165) is 19.3 Å². The molecule has 4 unspecified atom stereocenters. The molecule has 3 fully saturated rings. The SMILES string of the molecule is O=C(Oc1ccc(Cl)cc1)c1ccc(N2C(=O)C3C4CCC(C4)C3C2=O)cc1. The van der Waals surface area contributed by atoms with E-state index in [0.29, 0.717) is 33.9 Å². The first-order chi connectivity index (χ1) is 13.5. The van der Waals surface area contributed by atoms with Gasteiger partial charge in [-0.15, -0.1) is 0 Å². The lowest BCUT2D eigenvalue weighted by Gasteiger charge is -2.19. The summed E-state index contributed by atoms with van der Waals surface area (Å²) in [4.78, 5) is 39.4. The molecule has 2 aromatic rings. The van der Waals surface area contributed by atoms with Crippen molar-refractivity contribution in [1.29, 1.82) is 0 Å². The molecule has 1 saturated heterocycles. The van der Waals surface area contributed by atoms with E-state index < -0.39 is 5.97 Å². The van der Waals surface area contributed by atoms with E-state index >= 15 is 0 Å². The van der Waals surface area contributed by atoms with E-state index in [1.54, 1.807) is 48.5 Å². The van der Waals surface area contributed by atoms with Crippen LogP contribution in [0.4, 0.5) is 5.69 Å². The Morgan fingerprint density at radius 2 is 1.46 bits per heavy atom. The number of hydrogen-bond donors (Lipinski definition) is 0. The zero-order chi connectivity index (χ0) is 19.4. The Morgan fingerprint density at radius 1 is 0.893 bits per heavy atom. The van der Waals surface area contributed by atoms with Gasteiger partial charge in [-0.3, -0.25) is 14.5 Å². The number of nitrogens with zero attached hydrogens (tertiary/aromatic N) is 1. The number of rotatable bonds is 3. The molecule has 0 aromatic heterocycles. The van der Waals surface area contributed by atoms with Crippen LogP contribution in [0.1, 0.15) is 29.6 Å². The molecule has 3 aliphatic rings. The minimum Gasteiger partial charge on any atom is -0.423 e. The monoisotopic (exact) mass is 395 g/mol. The molecule has 6 heteroatoms. The maximum absolute atomic E-state index is 12.9. The number of hydrogen-bond acceptors (Lipinski definition) is 4. The highest BCUT2D eigenvalue weighted by molar-refractivity contribution is 6.30. The van der Waals surface area contributed by atoms with Gasteiger partial charge >= 0.3 is 5.97 Å². The molecule has 4 atom stereocenters.